The highest BCUT2D eigenvalue weighted by atomic mass is 16.3. The highest BCUT2D eigenvalue weighted by molar-refractivity contribution is 5.24. The Balaban J connectivity index is 2.32. The monoisotopic (exact) mass is 219 g/mol. The third kappa shape index (κ3) is 1.76. The quantitative estimate of drug-likeness (QED) is 0.783. The molecule has 0 saturated carbocycles. The maximum absolute atomic E-state index is 10.9. The van der Waals surface area contributed by atoms with Crippen molar-refractivity contribution in [1.82, 2.24) is 4.90 Å². The Hall–Kier alpha value is -0.860. The predicted octanol–water partition coefficient (Wildman–Crippen LogP) is 2.23. The zero-order chi connectivity index (χ0) is 11.8. The molecule has 1 heterocycles. The lowest BCUT2D eigenvalue weighted by Gasteiger charge is -2.46. The summed E-state index contributed by atoms with van der Waals surface area (Å²) in [5.41, 5.74) is 0.398. The van der Waals surface area contributed by atoms with Gasteiger partial charge in [-0.05, 0) is 26.0 Å². The number of hydrogen-bond acceptors (Lipinski definition) is 2. The van der Waals surface area contributed by atoms with Gasteiger partial charge in [-0.3, -0.25) is 0 Å². The second-order valence-corrected chi connectivity index (χ2v) is 5.05. The molecule has 0 aliphatic carbocycles. The van der Waals surface area contributed by atoms with Crippen LogP contribution in [-0.2, 0) is 5.60 Å². The largest absolute Gasteiger partial charge is 0.385 e. The third-order valence-corrected chi connectivity index (χ3v) is 4.29. The van der Waals surface area contributed by atoms with Crippen LogP contribution >= 0.6 is 0 Å². The first-order valence-electron chi connectivity index (χ1n) is 6.04. The van der Waals surface area contributed by atoms with E-state index in [9.17, 15) is 5.11 Å². The van der Waals surface area contributed by atoms with E-state index in [1.54, 1.807) is 0 Å². The zero-order valence-corrected chi connectivity index (χ0v) is 10.4. The summed E-state index contributed by atoms with van der Waals surface area (Å²) in [5, 5.41) is 10.9. The molecule has 2 nitrogen and oxygen atoms in total. The Morgan fingerprint density at radius 2 is 1.88 bits per heavy atom. The van der Waals surface area contributed by atoms with E-state index in [4.69, 9.17) is 0 Å². The molecular formula is C14H21NO. The number of likely N-dealkylation sites (tertiary alicyclic amines) is 1. The lowest BCUT2D eigenvalue weighted by molar-refractivity contribution is -0.0894. The Labute approximate surface area is 97.9 Å². The topological polar surface area (TPSA) is 23.5 Å². The second kappa shape index (κ2) is 4.19. The highest BCUT2D eigenvalue weighted by Gasteiger charge is 2.43. The highest BCUT2D eigenvalue weighted by Crippen LogP contribution is 2.39. The van der Waals surface area contributed by atoms with Crippen molar-refractivity contribution in [1.29, 1.82) is 0 Å². The van der Waals surface area contributed by atoms with Crippen molar-refractivity contribution in [3.05, 3.63) is 35.9 Å². The first-order chi connectivity index (χ1) is 7.55. The molecule has 0 spiro atoms. The van der Waals surface area contributed by atoms with Crippen molar-refractivity contribution in [2.45, 2.75) is 31.9 Å². The van der Waals surface area contributed by atoms with E-state index in [-0.39, 0.29) is 5.92 Å². The first-order valence-corrected chi connectivity index (χ1v) is 6.04. The molecule has 0 radical (unpaired) electrons. The predicted molar refractivity (Wildman–Crippen MR) is 66.2 cm³/mol. The number of hydrogen-bond donors (Lipinski definition) is 1. The number of piperidine rings is 1. The standard InChI is InChI=1S/C14H21NO/c1-11-12(2)15(3)10-9-14(11,16)13-7-5-4-6-8-13/h4-8,11-12,16H,9-10H2,1-3H3/t11-,12+,14+/m0/s1. The van der Waals surface area contributed by atoms with Crippen molar-refractivity contribution in [2.75, 3.05) is 13.6 Å². The van der Waals surface area contributed by atoms with Gasteiger partial charge in [0, 0.05) is 18.5 Å². The molecule has 2 heteroatoms. The molecule has 3 atom stereocenters. The fourth-order valence-electron chi connectivity index (χ4n) is 2.69. The third-order valence-electron chi connectivity index (χ3n) is 4.29. The van der Waals surface area contributed by atoms with E-state index in [0.29, 0.717) is 6.04 Å². The van der Waals surface area contributed by atoms with Gasteiger partial charge in [-0.1, -0.05) is 37.3 Å². The van der Waals surface area contributed by atoms with E-state index in [2.05, 4.69) is 25.8 Å². The molecule has 1 aliphatic heterocycles. The number of rotatable bonds is 1. The molecule has 1 aromatic carbocycles. The van der Waals surface area contributed by atoms with Gasteiger partial charge >= 0.3 is 0 Å². The Morgan fingerprint density at radius 1 is 1.25 bits per heavy atom. The molecule has 16 heavy (non-hydrogen) atoms. The van der Waals surface area contributed by atoms with E-state index < -0.39 is 5.60 Å². The van der Waals surface area contributed by atoms with Gasteiger partial charge in [-0.15, -0.1) is 0 Å². The summed E-state index contributed by atoms with van der Waals surface area (Å²) in [6.07, 6.45) is 0.818. The zero-order valence-electron chi connectivity index (χ0n) is 10.4. The molecule has 1 saturated heterocycles. The number of aliphatic hydroxyl groups is 1. The average molecular weight is 219 g/mol. The molecule has 1 aromatic rings. The lowest BCUT2D eigenvalue weighted by Crippen LogP contribution is -2.52. The van der Waals surface area contributed by atoms with Crippen LogP contribution in [0.1, 0.15) is 25.8 Å². The fourth-order valence-corrected chi connectivity index (χ4v) is 2.69. The summed E-state index contributed by atoms with van der Waals surface area (Å²) < 4.78 is 0. The minimum Gasteiger partial charge on any atom is -0.385 e. The van der Waals surface area contributed by atoms with Gasteiger partial charge in [-0.2, -0.15) is 0 Å². The summed E-state index contributed by atoms with van der Waals surface area (Å²) >= 11 is 0. The van der Waals surface area contributed by atoms with Crippen LogP contribution in [0.25, 0.3) is 0 Å². The molecule has 1 N–H and O–H groups in total. The Morgan fingerprint density at radius 3 is 2.50 bits per heavy atom. The molecular weight excluding hydrogens is 198 g/mol. The van der Waals surface area contributed by atoms with E-state index in [1.165, 1.54) is 0 Å². The smallest absolute Gasteiger partial charge is 0.0948 e. The van der Waals surface area contributed by atoms with Crippen molar-refractivity contribution >= 4 is 0 Å². The van der Waals surface area contributed by atoms with Crippen LogP contribution in [0.2, 0.25) is 0 Å². The van der Waals surface area contributed by atoms with Gasteiger partial charge in [0.25, 0.3) is 0 Å². The Bertz CT molecular complexity index is 351. The SMILES string of the molecule is C[C@@H]1[C@H](C)[C@@](O)(c2ccccc2)CCN1C. The van der Waals surface area contributed by atoms with Crippen LogP contribution in [0.3, 0.4) is 0 Å². The van der Waals surface area contributed by atoms with Gasteiger partial charge in [0.2, 0.25) is 0 Å². The summed E-state index contributed by atoms with van der Waals surface area (Å²) in [6.45, 7) is 5.29. The van der Waals surface area contributed by atoms with E-state index >= 15 is 0 Å². The normalized spacial score (nSPS) is 36.2. The summed E-state index contributed by atoms with van der Waals surface area (Å²) in [7, 11) is 2.13. The van der Waals surface area contributed by atoms with Gasteiger partial charge in [0.15, 0.2) is 0 Å². The van der Waals surface area contributed by atoms with Crippen LogP contribution in [0.4, 0.5) is 0 Å². The number of nitrogens with zero attached hydrogens (tertiary/aromatic N) is 1. The summed E-state index contributed by atoms with van der Waals surface area (Å²) in [5.74, 6) is 0.258. The Kier molecular flexibility index (Phi) is 3.04. The minimum atomic E-state index is -0.660. The molecule has 0 amide bonds. The summed E-state index contributed by atoms with van der Waals surface area (Å²) in [4.78, 5) is 2.32. The van der Waals surface area contributed by atoms with Crippen molar-refractivity contribution in [3.63, 3.8) is 0 Å². The first kappa shape index (κ1) is 11.6. The van der Waals surface area contributed by atoms with E-state index in [1.807, 2.05) is 30.3 Å². The number of benzene rings is 1. The molecule has 0 unspecified atom stereocenters. The van der Waals surface area contributed by atoms with E-state index in [0.717, 1.165) is 18.5 Å². The molecule has 0 bridgehead atoms. The molecule has 1 fully saturated rings. The second-order valence-electron chi connectivity index (χ2n) is 5.05. The van der Waals surface area contributed by atoms with Gasteiger partial charge in [0.05, 0.1) is 5.60 Å². The van der Waals surface area contributed by atoms with Crippen LogP contribution in [0.15, 0.2) is 30.3 Å². The maximum Gasteiger partial charge on any atom is 0.0948 e. The fraction of sp³-hybridized carbons (Fsp3) is 0.571. The van der Waals surface area contributed by atoms with Crippen LogP contribution in [-0.4, -0.2) is 29.6 Å². The maximum atomic E-state index is 10.9. The van der Waals surface area contributed by atoms with Gasteiger partial charge in [-0.25, -0.2) is 0 Å². The van der Waals surface area contributed by atoms with Crippen molar-refractivity contribution < 1.29 is 5.11 Å². The molecule has 2 rings (SSSR count). The molecule has 1 aliphatic rings. The van der Waals surface area contributed by atoms with Gasteiger partial charge < -0.3 is 10.0 Å². The molecule has 0 aromatic heterocycles. The van der Waals surface area contributed by atoms with Crippen molar-refractivity contribution in [3.8, 4) is 0 Å². The van der Waals surface area contributed by atoms with Crippen LogP contribution < -0.4 is 0 Å². The van der Waals surface area contributed by atoms with Crippen molar-refractivity contribution in [2.24, 2.45) is 5.92 Å². The van der Waals surface area contributed by atoms with Crippen LogP contribution in [0.5, 0.6) is 0 Å². The minimum absolute atomic E-state index is 0.258. The molecule has 88 valence electrons. The van der Waals surface area contributed by atoms with Gasteiger partial charge in [0.1, 0.15) is 0 Å². The average Bonchev–Trinajstić information content (AvgIpc) is 2.33. The lowest BCUT2D eigenvalue weighted by atomic mass is 9.73. The van der Waals surface area contributed by atoms with Crippen LogP contribution in [0, 0.1) is 5.92 Å². The summed E-state index contributed by atoms with van der Waals surface area (Å²) in [6, 6.07) is 10.5.